The molecule has 0 spiro atoms. The van der Waals surface area contributed by atoms with E-state index in [1.807, 2.05) is 6.08 Å². The van der Waals surface area contributed by atoms with Crippen molar-refractivity contribution in [1.82, 2.24) is 0 Å². The van der Waals surface area contributed by atoms with E-state index in [0.717, 1.165) is 0 Å². The molecule has 0 saturated carbocycles. The van der Waals surface area contributed by atoms with Crippen LogP contribution in [0.4, 0.5) is 0 Å². The Morgan fingerprint density at radius 3 is 2.09 bits per heavy atom. The summed E-state index contributed by atoms with van der Waals surface area (Å²) in [6.07, 6.45) is 1.89. The average Bonchev–Trinajstić information content (AvgIpc) is 2.05. The molecular formula is C10H14Sn. The van der Waals surface area contributed by atoms with E-state index in [0.29, 0.717) is 0 Å². The molecule has 58 valence electrons. The van der Waals surface area contributed by atoms with Crippen LogP contribution in [-0.4, -0.2) is 19.8 Å². The number of hydrogen-bond acceptors (Lipinski definition) is 0. The van der Waals surface area contributed by atoms with E-state index in [2.05, 4.69) is 40.7 Å². The average molecular weight is 253 g/mol. The van der Waals surface area contributed by atoms with Crippen molar-refractivity contribution in [3.05, 3.63) is 36.4 Å². The molecule has 1 aromatic rings. The van der Waals surface area contributed by atoms with Gasteiger partial charge < -0.3 is 0 Å². The Bertz CT molecular complexity index is 234. The van der Waals surface area contributed by atoms with Crippen LogP contribution in [0.25, 0.3) is 6.08 Å². The fourth-order valence-electron chi connectivity index (χ4n) is 1.02. The van der Waals surface area contributed by atoms with Gasteiger partial charge in [0.05, 0.1) is 0 Å². The zero-order valence-corrected chi connectivity index (χ0v) is 10.5. The Morgan fingerprint density at radius 2 is 1.73 bits per heavy atom. The van der Waals surface area contributed by atoms with Gasteiger partial charge in [-0.2, -0.15) is 0 Å². The summed E-state index contributed by atoms with van der Waals surface area (Å²) < 4.78 is 1.59. The number of rotatable bonds is 2. The molecule has 0 amide bonds. The molecule has 0 unspecified atom stereocenters. The van der Waals surface area contributed by atoms with Crippen LogP contribution < -0.4 is 3.58 Å². The molecule has 0 aliphatic heterocycles. The third kappa shape index (κ3) is 2.37. The molecule has 0 aliphatic rings. The second-order valence-electron chi connectivity index (χ2n) is 3.03. The normalized spacial score (nSPS) is 10.1. The molecule has 0 heterocycles. The van der Waals surface area contributed by atoms with Crippen molar-refractivity contribution in [3.8, 4) is 0 Å². The fourth-order valence-corrected chi connectivity index (χ4v) is 3.76. The molecule has 0 N–H and O–H groups in total. The molecule has 0 aromatic heterocycles. The van der Waals surface area contributed by atoms with Gasteiger partial charge in [-0.15, -0.1) is 0 Å². The third-order valence-corrected chi connectivity index (χ3v) is 6.74. The predicted molar refractivity (Wildman–Crippen MR) is 55.0 cm³/mol. The molecule has 0 nitrogen and oxygen atoms in total. The van der Waals surface area contributed by atoms with Crippen LogP contribution in [0.5, 0.6) is 0 Å². The minimum atomic E-state index is -1.22. The summed E-state index contributed by atoms with van der Waals surface area (Å²) in [5.74, 6) is 0. The quantitative estimate of drug-likeness (QED) is 0.707. The van der Waals surface area contributed by atoms with E-state index in [9.17, 15) is 0 Å². The van der Waals surface area contributed by atoms with Crippen LogP contribution in [0.15, 0.2) is 30.8 Å². The van der Waals surface area contributed by atoms with Crippen LogP contribution in [0.1, 0.15) is 5.56 Å². The van der Waals surface area contributed by atoms with Gasteiger partial charge in [0.15, 0.2) is 0 Å². The molecule has 11 heavy (non-hydrogen) atoms. The maximum absolute atomic E-state index is 3.72. The Balaban J connectivity index is 2.91. The van der Waals surface area contributed by atoms with E-state index in [1.54, 1.807) is 3.58 Å². The monoisotopic (exact) mass is 254 g/mol. The zero-order chi connectivity index (χ0) is 8.27. The summed E-state index contributed by atoms with van der Waals surface area (Å²) in [6.45, 7) is 3.72. The molecule has 1 heteroatoms. The Morgan fingerprint density at radius 1 is 1.18 bits per heavy atom. The van der Waals surface area contributed by atoms with Crippen molar-refractivity contribution in [2.75, 3.05) is 0 Å². The van der Waals surface area contributed by atoms with Gasteiger partial charge in [-0.05, 0) is 0 Å². The summed E-state index contributed by atoms with van der Waals surface area (Å²) >= 11 is -1.22. The third-order valence-electron chi connectivity index (χ3n) is 1.84. The van der Waals surface area contributed by atoms with Crippen LogP contribution in [-0.2, 0) is 0 Å². The van der Waals surface area contributed by atoms with Crippen molar-refractivity contribution in [2.24, 2.45) is 0 Å². The summed E-state index contributed by atoms with van der Waals surface area (Å²) in [6, 6.07) is 8.80. The fraction of sp³-hybridized carbons (Fsp3) is 0.200. The van der Waals surface area contributed by atoms with Gasteiger partial charge in [0.2, 0.25) is 0 Å². The molecule has 1 aromatic carbocycles. The molecule has 0 radical (unpaired) electrons. The Labute approximate surface area is 75.7 Å². The van der Waals surface area contributed by atoms with E-state index >= 15 is 0 Å². The van der Waals surface area contributed by atoms with E-state index < -0.39 is 19.8 Å². The first-order valence-corrected chi connectivity index (χ1v) is 12.2. The summed E-state index contributed by atoms with van der Waals surface area (Å²) in [7, 11) is 0. The minimum absolute atomic E-state index is 1.22. The van der Waals surface area contributed by atoms with Crippen molar-refractivity contribution >= 4 is 29.4 Å². The Hall–Kier alpha value is -0.241. The first-order chi connectivity index (χ1) is 5.24. The molecule has 0 aliphatic carbocycles. The van der Waals surface area contributed by atoms with Gasteiger partial charge in [-0.25, -0.2) is 0 Å². The summed E-state index contributed by atoms with van der Waals surface area (Å²) in [5, 5.41) is 0. The predicted octanol–water partition coefficient (Wildman–Crippen LogP) is 2.02. The van der Waals surface area contributed by atoms with Crippen LogP contribution in [0.2, 0.25) is 9.88 Å². The van der Waals surface area contributed by atoms with Gasteiger partial charge in [0.1, 0.15) is 0 Å². The molecule has 0 fully saturated rings. The topological polar surface area (TPSA) is 0 Å². The van der Waals surface area contributed by atoms with Crippen molar-refractivity contribution in [1.29, 1.82) is 0 Å². The number of hydrogen-bond donors (Lipinski definition) is 0. The van der Waals surface area contributed by atoms with Crippen molar-refractivity contribution in [3.63, 3.8) is 0 Å². The SMILES string of the molecule is C=Cc1cc[c]([SnH]([CH3])[CH3])cc1. The molecule has 0 bridgehead atoms. The Kier molecular flexibility index (Phi) is 3.18. The zero-order valence-electron chi connectivity index (χ0n) is 7.17. The van der Waals surface area contributed by atoms with E-state index in [-0.39, 0.29) is 0 Å². The first-order valence-electron chi connectivity index (χ1n) is 3.96. The standard InChI is InChI=1S/C8H7.2CH3.Sn.H/c1-2-8-6-4-3-5-7-8;;;;/h2,4-7H,1H2;2*1H3;;. The van der Waals surface area contributed by atoms with E-state index in [4.69, 9.17) is 0 Å². The summed E-state index contributed by atoms with van der Waals surface area (Å²) in [5.41, 5.74) is 1.22. The van der Waals surface area contributed by atoms with Gasteiger partial charge in [-0.3, -0.25) is 0 Å². The first kappa shape index (κ1) is 8.85. The maximum atomic E-state index is 3.72. The van der Waals surface area contributed by atoms with E-state index in [1.165, 1.54) is 5.56 Å². The van der Waals surface area contributed by atoms with Gasteiger partial charge in [0, 0.05) is 0 Å². The summed E-state index contributed by atoms with van der Waals surface area (Å²) in [4.78, 5) is 4.81. The van der Waals surface area contributed by atoms with Crippen molar-refractivity contribution < 1.29 is 0 Å². The van der Waals surface area contributed by atoms with Crippen LogP contribution in [0, 0.1) is 0 Å². The molecule has 0 atom stereocenters. The molecular weight excluding hydrogens is 239 g/mol. The van der Waals surface area contributed by atoms with Crippen molar-refractivity contribution in [2.45, 2.75) is 9.88 Å². The van der Waals surface area contributed by atoms with Crippen LogP contribution in [0.3, 0.4) is 0 Å². The molecule has 1 rings (SSSR count). The van der Waals surface area contributed by atoms with Gasteiger partial charge in [-0.1, -0.05) is 0 Å². The second-order valence-corrected chi connectivity index (χ2v) is 11.5. The van der Waals surface area contributed by atoms with Gasteiger partial charge >= 0.3 is 75.7 Å². The van der Waals surface area contributed by atoms with Crippen LogP contribution >= 0.6 is 0 Å². The van der Waals surface area contributed by atoms with Gasteiger partial charge in [0.25, 0.3) is 0 Å². The molecule has 0 saturated heterocycles. The number of benzene rings is 1. The second kappa shape index (κ2) is 3.95.